The van der Waals surface area contributed by atoms with Crippen molar-refractivity contribution >= 4 is 28.9 Å². The van der Waals surface area contributed by atoms with E-state index in [1.165, 1.54) is 30.3 Å². The van der Waals surface area contributed by atoms with Crippen LogP contribution < -0.4 is 5.32 Å². The lowest BCUT2D eigenvalue weighted by Gasteiger charge is -2.17. The Morgan fingerprint density at radius 1 is 1.21 bits per heavy atom. The fraction of sp³-hybridized carbons (Fsp3) is 0.412. The largest absolute Gasteiger partial charge is 0.416 e. The van der Waals surface area contributed by atoms with E-state index >= 15 is 0 Å². The second-order valence-electron chi connectivity index (χ2n) is 5.91. The van der Waals surface area contributed by atoms with Gasteiger partial charge in [0.25, 0.3) is 5.91 Å². The highest BCUT2D eigenvalue weighted by atomic mass is 32.2. The van der Waals surface area contributed by atoms with Crippen molar-refractivity contribution in [2.75, 3.05) is 0 Å². The minimum atomic E-state index is -4.40. The summed E-state index contributed by atoms with van der Waals surface area (Å²) in [7, 11) is 0. The molecule has 128 valence electrons. The number of carbonyl (C=O) groups is 1. The number of halogens is 3. The lowest BCUT2D eigenvalue weighted by Crippen LogP contribution is -2.22. The predicted octanol–water partition coefficient (Wildman–Crippen LogP) is 4.60. The molecule has 1 N–H and O–H groups in total. The summed E-state index contributed by atoms with van der Waals surface area (Å²) in [4.78, 5) is 16.9. The number of alkyl halides is 3. The molecule has 1 saturated carbocycles. The van der Waals surface area contributed by atoms with Crippen molar-refractivity contribution < 1.29 is 18.0 Å². The number of thioether (sulfide) groups is 1. The second kappa shape index (κ2) is 7.01. The van der Waals surface area contributed by atoms with Crippen LogP contribution in [-0.2, 0) is 11.0 Å². The minimum Gasteiger partial charge on any atom is -0.301 e. The maximum atomic E-state index is 12.8. The van der Waals surface area contributed by atoms with E-state index < -0.39 is 11.7 Å². The molecule has 1 aromatic rings. The van der Waals surface area contributed by atoms with Gasteiger partial charge in [-0.25, -0.2) is 0 Å². The zero-order valence-corrected chi connectivity index (χ0v) is 13.7. The van der Waals surface area contributed by atoms with Gasteiger partial charge in [0.1, 0.15) is 0 Å². The van der Waals surface area contributed by atoms with Crippen LogP contribution >= 0.6 is 11.8 Å². The second-order valence-corrected chi connectivity index (χ2v) is 6.94. The monoisotopic (exact) mass is 354 g/mol. The van der Waals surface area contributed by atoms with Crippen molar-refractivity contribution in [1.82, 2.24) is 5.32 Å². The predicted molar refractivity (Wildman–Crippen MR) is 89.5 cm³/mol. The van der Waals surface area contributed by atoms with Crippen LogP contribution in [0.15, 0.2) is 34.2 Å². The Morgan fingerprint density at radius 2 is 1.96 bits per heavy atom. The van der Waals surface area contributed by atoms with Crippen LogP contribution in [-0.4, -0.2) is 17.1 Å². The summed E-state index contributed by atoms with van der Waals surface area (Å²) in [6.07, 6.45) is 2.63. The van der Waals surface area contributed by atoms with Crippen molar-refractivity contribution in [3.63, 3.8) is 0 Å². The van der Waals surface area contributed by atoms with Crippen LogP contribution in [0.4, 0.5) is 13.2 Å². The molecular formula is C17H17F3N2OS. The third kappa shape index (κ3) is 4.20. The maximum Gasteiger partial charge on any atom is 0.416 e. The number of benzene rings is 1. The van der Waals surface area contributed by atoms with Gasteiger partial charge in [0, 0.05) is 0 Å². The lowest BCUT2D eigenvalue weighted by molar-refractivity contribution is -0.137. The SMILES string of the molecule is O=C1NC(=NC2CCCCC2)S/C1=C\c1cccc(C(F)(F)F)c1. The molecule has 1 aliphatic carbocycles. The van der Waals surface area contributed by atoms with Crippen molar-refractivity contribution in [3.05, 3.63) is 40.3 Å². The first-order chi connectivity index (χ1) is 11.4. The van der Waals surface area contributed by atoms with Crippen molar-refractivity contribution in [1.29, 1.82) is 0 Å². The van der Waals surface area contributed by atoms with Crippen LogP contribution in [0.1, 0.15) is 43.2 Å². The summed E-state index contributed by atoms with van der Waals surface area (Å²) < 4.78 is 38.3. The van der Waals surface area contributed by atoms with Crippen LogP contribution in [0, 0.1) is 0 Å². The first kappa shape index (κ1) is 17.1. The topological polar surface area (TPSA) is 41.5 Å². The smallest absolute Gasteiger partial charge is 0.301 e. The summed E-state index contributed by atoms with van der Waals surface area (Å²) >= 11 is 1.19. The lowest BCUT2D eigenvalue weighted by atomic mass is 9.96. The molecule has 1 saturated heterocycles. The van der Waals surface area contributed by atoms with Gasteiger partial charge in [-0.05, 0) is 48.4 Å². The standard InChI is InChI=1S/C17H17F3N2OS/c18-17(19,20)12-6-4-5-11(9-12)10-14-15(23)22-16(24-14)21-13-7-2-1-3-8-13/h4-6,9-10,13H,1-3,7-8H2,(H,21,22,23)/b14-10-. The molecule has 1 heterocycles. The highest BCUT2D eigenvalue weighted by molar-refractivity contribution is 8.18. The van der Waals surface area contributed by atoms with Crippen LogP contribution in [0.25, 0.3) is 6.08 Å². The molecule has 1 aromatic carbocycles. The number of amides is 1. The first-order valence-corrected chi connectivity index (χ1v) is 8.69. The van der Waals surface area contributed by atoms with Crippen molar-refractivity contribution in [2.24, 2.45) is 4.99 Å². The Morgan fingerprint density at radius 3 is 2.67 bits per heavy atom. The van der Waals surface area contributed by atoms with E-state index in [0.717, 1.165) is 37.8 Å². The van der Waals surface area contributed by atoms with Gasteiger partial charge in [0.2, 0.25) is 0 Å². The Hall–Kier alpha value is -1.76. The first-order valence-electron chi connectivity index (χ1n) is 7.88. The average Bonchev–Trinajstić information content (AvgIpc) is 2.87. The quantitative estimate of drug-likeness (QED) is 0.789. The molecule has 0 radical (unpaired) electrons. The number of amidine groups is 1. The molecule has 3 nitrogen and oxygen atoms in total. The van der Waals surface area contributed by atoms with Crippen LogP contribution in [0.5, 0.6) is 0 Å². The Balaban J connectivity index is 1.76. The number of aliphatic imine (C=N–C) groups is 1. The summed E-state index contributed by atoms with van der Waals surface area (Å²) in [5.41, 5.74) is -0.377. The van der Waals surface area contributed by atoms with Crippen LogP contribution in [0.3, 0.4) is 0 Å². The highest BCUT2D eigenvalue weighted by Crippen LogP contribution is 2.32. The van der Waals surface area contributed by atoms with Gasteiger partial charge in [-0.1, -0.05) is 31.4 Å². The normalized spacial score (nSPS) is 23.0. The Bertz CT molecular complexity index is 691. The van der Waals surface area contributed by atoms with Crippen LogP contribution in [0.2, 0.25) is 0 Å². The van der Waals surface area contributed by atoms with E-state index in [1.54, 1.807) is 6.07 Å². The van der Waals surface area contributed by atoms with Crippen molar-refractivity contribution in [2.45, 2.75) is 44.3 Å². The zero-order chi connectivity index (χ0) is 17.2. The third-order valence-electron chi connectivity index (χ3n) is 4.04. The molecule has 0 spiro atoms. The van der Waals surface area contributed by atoms with E-state index in [9.17, 15) is 18.0 Å². The fourth-order valence-electron chi connectivity index (χ4n) is 2.82. The van der Waals surface area contributed by atoms with Gasteiger partial charge in [0.15, 0.2) is 5.17 Å². The Labute approximate surface area is 142 Å². The van der Waals surface area contributed by atoms with Gasteiger partial charge >= 0.3 is 6.18 Å². The molecule has 3 rings (SSSR count). The molecule has 0 aromatic heterocycles. The number of rotatable bonds is 2. The fourth-order valence-corrected chi connectivity index (χ4v) is 3.71. The number of nitrogens with zero attached hydrogens (tertiary/aromatic N) is 1. The summed E-state index contributed by atoms with van der Waals surface area (Å²) in [5.74, 6) is -0.313. The number of hydrogen-bond acceptors (Lipinski definition) is 3. The number of carbonyl (C=O) groups excluding carboxylic acids is 1. The van der Waals surface area contributed by atoms with Gasteiger partial charge in [-0.15, -0.1) is 0 Å². The van der Waals surface area contributed by atoms with E-state index in [-0.39, 0.29) is 11.9 Å². The highest BCUT2D eigenvalue weighted by Gasteiger charge is 2.30. The number of nitrogens with one attached hydrogen (secondary N) is 1. The van der Waals surface area contributed by atoms with Crippen molar-refractivity contribution in [3.8, 4) is 0 Å². The molecule has 0 bridgehead atoms. The van der Waals surface area contributed by atoms with E-state index in [4.69, 9.17) is 0 Å². The maximum absolute atomic E-state index is 12.8. The van der Waals surface area contributed by atoms with Gasteiger partial charge in [-0.3, -0.25) is 9.79 Å². The van der Waals surface area contributed by atoms with Gasteiger partial charge < -0.3 is 5.32 Å². The molecule has 2 fully saturated rings. The molecule has 0 atom stereocenters. The molecule has 0 unspecified atom stereocenters. The third-order valence-corrected chi connectivity index (χ3v) is 4.96. The molecule has 7 heteroatoms. The zero-order valence-electron chi connectivity index (χ0n) is 12.9. The molecule has 1 amide bonds. The Kier molecular flexibility index (Phi) is 4.99. The van der Waals surface area contributed by atoms with Gasteiger partial charge in [-0.2, -0.15) is 13.2 Å². The van der Waals surface area contributed by atoms with E-state index in [2.05, 4.69) is 10.3 Å². The molecule has 24 heavy (non-hydrogen) atoms. The summed E-state index contributed by atoms with van der Waals surface area (Å²) in [5, 5.41) is 3.25. The minimum absolute atomic E-state index is 0.231. The summed E-state index contributed by atoms with van der Waals surface area (Å²) in [6.45, 7) is 0. The molecule has 2 aliphatic rings. The average molecular weight is 354 g/mol. The van der Waals surface area contributed by atoms with E-state index in [1.807, 2.05) is 0 Å². The summed E-state index contributed by atoms with van der Waals surface area (Å²) in [6, 6.07) is 5.17. The van der Waals surface area contributed by atoms with E-state index in [0.29, 0.717) is 15.6 Å². The van der Waals surface area contributed by atoms with Gasteiger partial charge in [0.05, 0.1) is 16.5 Å². The number of hydrogen-bond donors (Lipinski definition) is 1. The molecule has 1 aliphatic heterocycles. The molecular weight excluding hydrogens is 337 g/mol.